The number of rotatable bonds is 11. The molecule has 0 spiro atoms. The second kappa shape index (κ2) is 13.5. The summed E-state index contributed by atoms with van der Waals surface area (Å²) < 4.78 is 10.4. The van der Waals surface area contributed by atoms with Gasteiger partial charge in [0.1, 0.15) is 5.60 Å². The molecule has 0 radical (unpaired) electrons. The number of ether oxygens (including phenoxy) is 1. The van der Waals surface area contributed by atoms with Crippen molar-refractivity contribution in [2.75, 3.05) is 26.2 Å². The number of nitrogens with zero attached hydrogens (tertiary/aromatic N) is 1. The van der Waals surface area contributed by atoms with Crippen LogP contribution in [0.1, 0.15) is 64.4 Å². The molecule has 0 aliphatic carbocycles. The Morgan fingerprint density at radius 3 is 2.57 bits per heavy atom. The van der Waals surface area contributed by atoms with Crippen LogP contribution in [0.25, 0.3) is 0 Å². The van der Waals surface area contributed by atoms with E-state index in [1.54, 1.807) is 12.1 Å². The van der Waals surface area contributed by atoms with Crippen LogP contribution in [0.4, 0.5) is 4.79 Å². The number of amides is 2. The lowest BCUT2D eigenvalue weighted by molar-refractivity contribution is 0.0522. The lowest BCUT2D eigenvalue weighted by atomic mass is 10.1. The normalized spacial score (nSPS) is 12.8. The smallest absolute Gasteiger partial charge is 0.407 e. The van der Waals surface area contributed by atoms with E-state index in [2.05, 4.69) is 33.2 Å². The molecule has 0 aromatic carbocycles. The SMILES string of the molecule is CCCCC(CNC(=O)OC(C)(C)C)NC(=NCCNC(=O)c1ccco1)NCC. The molecule has 2 amide bonds. The highest BCUT2D eigenvalue weighted by Crippen LogP contribution is 2.07. The average molecular weight is 424 g/mol. The molecule has 0 fully saturated rings. The summed E-state index contributed by atoms with van der Waals surface area (Å²) in [6.45, 7) is 11.5. The van der Waals surface area contributed by atoms with Crippen molar-refractivity contribution in [2.24, 2.45) is 4.99 Å². The molecule has 1 unspecified atom stereocenters. The first-order valence-corrected chi connectivity index (χ1v) is 10.6. The number of nitrogens with one attached hydrogen (secondary N) is 4. The Balaban J connectivity index is 2.56. The topological polar surface area (TPSA) is 117 Å². The summed E-state index contributed by atoms with van der Waals surface area (Å²) in [7, 11) is 0. The minimum atomic E-state index is -0.535. The van der Waals surface area contributed by atoms with Crippen molar-refractivity contribution in [1.82, 2.24) is 21.3 Å². The Labute approximate surface area is 179 Å². The fourth-order valence-corrected chi connectivity index (χ4v) is 2.54. The van der Waals surface area contributed by atoms with Gasteiger partial charge >= 0.3 is 6.09 Å². The van der Waals surface area contributed by atoms with Gasteiger partial charge in [-0.3, -0.25) is 9.79 Å². The number of carbonyl (C=O) groups excluding carboxylic acids is 2. The van der Waals surface area contributed by atoms with Gasteiger partial charge in [0.2, 0.25) is 0 Å². The van der Waals surface area contributed by atoms with Crippen LogP contribution >= 0.6 is 0 Å². The van der Waals surface area contributed by atoms with Gasteiger partial charge in [-0.1, -0.05) is 19.8 Å². The molecule has 0 aliphatic rings. The molecule has 0 saturated carbocycles. The van der Waals surface area contributed by atoms with Crippen molar-refractivity contribution in [3.8, 4) is 0 Å². The first-order chi connectivity index (χ1) is 14.2. The quantitative estimate of drug-likeness (QED) is 0.247. The minimum Gasteiger partial charge on any atom is -0.459 e. The summed E-state index contributed by atoms with van der Waals surface area (Å²) in [4.78, 5) is 28.4. The molecule has 1 aromatic heterocycles. The van der Waals surface area contributed by atoms with Crippen molar-refractivity contribution in [1.29, 1.82) is 0 Å². The van der Waals surface area contributed by atoms with Gasteiger partial charge in [0.15, 0.2) is 11.7 Å². The lowest BCUT2D eigenvalue weighted by Gasteiger charge is -2.24. The van der Waals surface area contributed by atoms with E-state index < -0.39 is 11.7 Å². The third kappa shape index (κ3) is 11.3. The Morgan fingerprint density at radius 2 is 1.97 bits per heavy atom. The van der Waals surface area contributed by atoms with Crippen LogP contribution < -0.4 is 21.3 Å². The molecule has 0 bridgehead atoms. The van der Waals surface area contributed by atoms with Crippen LogP contribution in [0.2, 0.25) is 0 Å². The van der Waals surface area contributed by atoms with Crippen molar-refractivity contribution in [3.63, 3.8) is 0 Å². The van der Waals surface area contributed by atoms with Gasteiger partial charge in [-0.25, -0.2) is 4.79 Å². The van der Waals surface area contributed by atoms with Gasteiger partial charge in [-0.05, 0) is 46.2 Å². The van der Waals surface area contributed by atoms with Crippen LogP contribution in [0.5, 0.6) is 0 Å². The average Bonchev–Trinajstić information content (AvgIpc) is 3.20. The highest BCUT2D eigenvalue weighted by molar-refractivity contribution is 5.91. The maximum atomic E-state index is 12.0. The zero-order chi connectivity index (χ0) is 22.4. The third-order valence-electron chi connectivity index (χ3n) is 3.90. The lowest BCUT2D eigenvalue weighted by Crippen LogP contribution is -2.49. The van der Waals surface area contributed by atoms with Crippen molar-refractivity contribution in [2.45, 2.75) is 65.5 Å². The first kappa shape index (κ1) is 25.3. The highest BCUT2D eigenvalue weighted by Gasteiger charge is 2.18. The molecule has 9 nitrogen and oxygen atoms in total. The molecular weight excluding hydrogens is 386 g/mol. The Morgan fingerprint density at radius 1 is 1.20 bits per heavy atom. The molecule has 0 saturated heterocycles. The molecule has 4 N–H and O–H groups in total. The maximum Gasteiger partial charge on any atom is 0.407 e. The molecular formula is C21H37N5O4. The second-order valence-electron chi connectivity index (χ2n) is 7.86. The largest absolute Gasteiger partial charge is 0.459 e. The molecule has 1 rings (SSSR count). The van der Waals surface area contributed by atoms with E-state index in [0.29, 0.717) is 32.1 Å². The summed E-state index contributed by atoms with van der Waals surface area (Å²) in [5.41, 5.74) is -0.535. The molecule has 1 aromatic rings. The van der Waals surface area contributed by atoms with Crippen LogP contribution in [-0.4, -0.2) is 55.8 Å². The number of alkyl carbamates (subject to hydrolysis) is 1. The van der Waals surface area contributed by atoms with Gasteiger partial charge in [0, 0.05) is 25.7 Å². The number of guanidine groups is 1. The number of hydrogen-bond acceptors (Lipinski definition) is 5. The molecule has 9 heteroatoms. The van der Waals surface area contributed by atoms with E-state index in [9.17, 15) is 9.59 Å². The van der Waals surface area contributed by atoms with Crippen molar-refractivity contribution in [3.05, 3.63) is 24.2 Å². The van der Waals surface area contributed by atoms with Crippen molar-refractivity contribution < 1.29 is 18.7 Å². The predicted octanol–water partition coefficient (Wildman–Crippen LogP) is 2.65. The molecule has 1 heterocycles. The van der Waals surface area contributed by atoms with Gasteiger partial charge in [-0.2, -0.15) is 0 Å². The van der Waals surface area contributed by atoms with Gasteiger partial charge in [-0.15, -0.1) is 0 Å². The molecule has 170 valence electrons. The highest BCUT2D eigenvalue weighted by atomic mass is 16.6. The van der Waals surface area contributed by atoms with Crippen LogP contribution in [0.15, 0.2) is 27.8 Å². The number of carbonyl (C=O) groups is 2. The van der Waals surface area contributed by atoms with E-state index in [0.717, 1.165) is 19.3 Å². The van der Waals surface area contributed by atoms with Crippen LogP contribution in [0.3, 0.4) is 0 Å². The summed E-state index contributed by atoms with van der Waals surface area (Å²) in [5.74, 6) is 0.643. The van der Waals surface area contributed by atoms with E-state index in [1.165, 1.54) is 6.26 Å². The Kier molecular flexibility index (Phi) is 11.4. The fourth-order valence-electron chi connectivity index (χ4n) is 2.54. The molecule has 30 heavy (non-hydrogen) atoms. The van der Waals surface area contributed by atoms with E-state index in [1.807, 2.05) is 27.7 Å². The summed E-state index contributed by atoms with van der Waals surface area (Å²) >= 11 is 0. The minimum absolute atomic E-state index is 0.00739. The maximum absolute atomic E-state index is 12.0. The Bertz CT molecular complexity index is 653. The number of hydrogen-bond donors (Lipinski definition) is 4. The van der Waals surface area contributed by atoms with Gasteiger partial charge in [0.25, 0.3) is 5.91 Å². The predicted molar refractivity (Wildman–Crippen MR) is 118 cm³/mol. The van der Waals surface area contributed by atoms with E-state index >= 15 is 0 Å². The summed E-state index contributed by atoms with van der Waals surface area (Å²) in [6, 6.07) is 3.29. The van der Waals surface area contributed by atoms with Crippen molar-refractivity contribution >= 4 is 18.0 Å². The monoisotopic (exact) mass is 423 g/mol. The fraction of sp³-hybridized carbons (Fsp3) is 0.667. The molecule has 1 atom stereocenters. The summed E-state index contributed by atoms with van der Waals surface area (Å²) in [5, 5.41) is 12.1. The second-order valence-corrected chi connectivity index (χ2v) is 7.86. The van der Waals surface area contributed by atoms with Gasteiger partial charge < -0.3 is 30.4 Å². The zero-order valence-electron chi connectivity index (χ0n) is 18.8. The number of furan rings is 1. The number of unbranched alkanes of at least 4 members (excludes halogenated alkanes) is 1. The van der Waals surface area contributed by atoms with Gasteiger partial charge in [0.05, 0.1) is 12.8 Å². The van der Waals surface area contributed by atoms with E-state index in [4.69, 9.17) is 9.15 Å². The van der Waals surface area contributed by atoms with Crippen LogP contribution in [-0.2, 0) is 4.74 Å². The number of aliphatic imine (C=N–C) groups is 1. The standard InChI is InChI=1S/C21H37N5O4/c1-6-8-10-16(15-25-20(28)30-21(3,4)5)26-19(22-7-2)24-13-12-23-18(27)17-11-9-14-29-17/h9,11,14,16H,6-8,10,12-13,15H2,1-5H3,(H,23,27)(H,25,28)(H2,22,24,26). The van der Waals surface area contributed by atoms with Crippen LogP contribution in [0, 0.1) is 0 Å². The Hall–Kier alpha value is -2.71. The van der Waals surface area contributed by atoms with E-state index in [-0.39, 0.29) is 17.7 Å². The summed E-state index contributed by atoms with van der Waals surface area (Å²) in [6.07, 6.45) is 3.98. The zero-order valence-corrected chi connectivity index (χ0v) is 18.8. The first-order valence-electron chi connectivity index (χ1n) is 10.6. The third-order valence-corrected chi connectivity index (χ3v) is 3.90. The molecule has 0 aliphatic heterocycles.